The van der Waals surface area contributed by atoms with Gasteiger partial charge in [-0.25, -0.2) is 4.99 Å². The van der Waals surface area contributed by atoms with E-state index in [4.69, 9.17) is 9.15 Å². The average molecular weight is 478 g/mol. The van der Waals surface area contributed by atoms with Crippen molar-refractivity contribution in [3.63, 3.8) is 0 Å². The van der Waals surface area contributed by atoms with Crippen LogP contribution in [-0.4, -0.2) is 64.2 Å². The van der Waals surface area contributed by atoms with Gasteiger partial charge in [0.1, 0.15) is 12.3 Å². The molecule has 26 heavy (non-hydrogen) atoms. The molecule has 1 aromatic heterocycles. The van der Waals surface area contributed by atoms with Crippen molar-refractivity contribution in [2.75, 3.05) is 47.4 Å². The maximum Gasteiger partial charge on any atom is 0.243 e. The summed E-state index contributed by atoms with van der Waals surface area (Å²) in [5.74, 6) is 1.58. The number of nitrogens with one attached hydrogen (secondary N) is 2. The standard InChI is InChI=1S/C18H30N4O3.HI/c1-22(2)16(23)13-20-17(19-10-6-15-5-4-11-25-15)21-14-18(7-8-18)9-12-24-3;/h4-5,11H,6-10,12-14H2,1-3H3,(H2,19,20,21);1H. The van der Waals surface area contributed by atoms with E-state index >= 15 is 0 Å². The van der Waals surface area contributed by atoms with Crippen LogP contribution in [0.2, 0.25) is 0 Å². The largest absolute Gasteiger partial charge is 0.469 e. The van der Waals surface area contributed by atoms with Crippen LogP contribution in [0.4, 0.5) is 0 Å². The Hall–Kier alpha value is -1.29. The molecule has 1 saturated carbocycles. The van der Waals surface area contributed by atoms with Gasteiger partial charge in [0.25, 0.3) is 0 Å². The lowest BCUT2D eigenvalue weighted by atomic mass is 10.0. The molecular weight excluding hydrogens is 447 g/mol. The quantitative estimate of drug-likeness (QED) is 0.305. The maximum absolute atomic E-state index is 11.8. The third-order valence-electron chi connectivity index (χ3n) is 4.54. The van der Waals surface area contributed by atoms with Gasteiger partial charge in [-0.3, -0.25) is 4.79 Å². The monoisotopic (exact) mass is 478 g/mol. The smallest absolute Gasteiger partial charge is 0.243 e. The van der Waals surface area contributed by atoms with Gasteiger partial charge in [0.15, 0.2) is 5.96 Å². The van der Waals surface area contributed by atoms with Crippen LogP contribution in [0.25, 0.3) is 0 Å². The molecule has 1 amide bonds. The van der Waals surface area contributed by atoms with Crippen LogP contribution in [-0.2, 0) is 16.0 Å². The molecule has 0 atom stereocenters. The zero-order valence-corrected chi connectivity index (χ0v) is 18.2. The Labute approximate surface area is 173 Å². The molecule has 1 aliphatic rings. The molecule has 1 aromatic rings. The van der Waals surface area contributed by atoms with Crippen LogP contribution >= 0.6 is 24.0 Å². The van der Waals surface area contributed by atoms with Crippen LogP contribution in [0.15, 0.2) is 27.8 Å². The Morgan fingerprint density at radius 2 is 2.15 bits per heavy atom. The van der Waals surface area contributed by atoms with E-state index in [0.29, 0.717) is 17.9 Å². The Balaban J connectivity index is 0.00000338. The highest BCUT2D eigenvalue weighted by atomic mass is 127. The fourth-order valence-corrected chi connectivity index (χ4v) is 2.50. The second-order valence-corrected chi connectivity index (χ2v) is 6.81. The highest BCUT2D eigenvalue weighted by Gasteiger charge is 2.41. The van der Waals surface area contributed by atoms with Crippen LogP contribution in [0.1, 0.15) is 25.0 Å². The number of hydrogen-bond donors (Lipinski definition) is 2. The topological polar surface area (TPSA) is 79.1 Å². The molecule has 0 aromatic carbocycles. The first kappa shape index (κ1) is 22.8. The second-order valence-electron chi connectivity index (χ2n) is 6.81. The number of guanidine groups is 1. The van der Waals surface area contributed by atoms with Crippen molar-refractivity contribution in [3.8, 4) is 0 Å². The third kappa shape index (κ3) is 7.94. The fraction of sp³-hybridized carbons (Fsp3) is 0.667. The fourth-order valence-electron chi connectivity index (χ4n) is 2.50. The summed E-state index contributed by atoms with van der Waals surface area (Å²) >= 11 is 0. The van der Waals surface area contributed by atoms with Crippen LogP contribution in [0, 0.1) is 5.41 Å². The molecule has 0 bridgehead atoms. The molecule has 8 heteroatoms. The first-order chi connectivity index (χ1) is 12.0. The number of amides is 1. The van der Waals surface area contributed by atoms with Crippen molar-refractivity contribution in [1.29, 1.82) is 0 Å². The summed E-state index contributed by atoms with van der Waals surface area (Å²) in [6, 6.07) is 3.83. The number of carbonyl (C=O) groups is 1. The lowest BCUT2D eigenvalue weighted by molar-refractivity contribution is -0.127. The lowest BCUT2D eigenvalue weighted by Crippen LogP contribution is -2.42. The minimum absolute atomic E-state index is 0. The van der Waals surface area contributed by atoms with Gasteiger partial charge in [-0.1, -0.05) is 0 Å². The van der Waals surface area contributed by atoms with Crippen LogP contribution in [0.3, 0.4) is 0 Å². The number of methoxy groups -OCH3 is 1. The van der Waals surface area contributed by atoms with Crippen molar-refractivity contribution in [1.82, 2.24) is 15.5 Å². The van der Waals surface area contributed by atoms with Crippen molar-refractivity contribution in [2.45, 2.75) is 25.7 Å². The van der Waals surface area contributed by atoms with Gasteiger partial charge >= 0.3 is 0 Å². The molecule has 7 nitrogen and oxygen atoms in total. The van der Waals surface area contributed by atoms with Crippen molar-refractivity contribution < 1.29 is 13.9 Å². The van der Waals surface area contributed by atoms with E-state index in [2.05, 4.69) is 15.6 Å². The summed E-state index contributed by atoms with van der Waals surface area (Å²) in [4.78, 5) is 17.8. The Bertz CT molecular complexity index is 557. The number of rotatable bonds is 10. The van der Waals surface area contributed by atoms with Gasteiger partial charge < -0.3 is 24.7 Å². The first-order valence-corrected chi connectivity index (χ1v) is 8.78. The van der Waals surface area contributed by atoms with E-state index in [0.717, 1.165) is 31.8 Å². The molecule has 0 saturated heterocycles. The maximum atomic E-state index is 11.8. The number of halogens is 1. The highest BCUT2D eigenvalue weighted by molar-refractivity contribution is 14.0. The minimum Gasteiger partial charge on any atom is -0.469 e. The molecule has 1 fully saturated rings. The summed E-state index contributed by atoms with van der Waals surface area (Å²) in [7, 11) is 5.21. The van der Waals surface area contributed by atoms with E-state index < -0.39 is 0 Å². The molecule has 2 rings (SSSR count). The van der Waals surface area contributed by atoms with Gasteiger partial charge in [-0.15, -0.1) is 24.0 Å². The molecule has 1 heterocycles. The van der Waals surface area contributed by atoms with Gasteiger partial charge in [0.05, 0.1) is 6.26 Å². The SMILES string of the molecule is COCCC1(CNC(=NCC(=O)N(C)C)NCCc2ccco2)CC1.I. The first-order valence-electron chi connectivity index (χ1n) is 8.78. The van der Waals surface area contributed by atoms with E-state index in [1.165, 1.54) is 12.8 Å². The summed E-state index contributed by atoms with van der Waals surface area (Å²) in [6.07, 6.45) is 5.90. The molecule has 0 aliphatic heterocycles. The number of ether oxygens (including phenoxy) is 1. The zero-order chi connectivity index (χ0) is 18.1. The number of hydrogen-bond acceptors (Lipinski definition) is 4. The lowest BCUT2D eigenvalue weighted by Gasteiger charge is -2.18. The number of aliphatic imine (C=N–C) groups is 1. The van der Waals surface area contributed by atoms with Gasteiger partial charge in [0.2, 0.25) is 5.91 Å². The number of carbonyl (C=O) groups excluding carboxylic acids is 1. The Morgan fingerprint density at radius 1 is 1.38 bits per heavy atom. The molecule has 0 unspecified atom stereocenters. The molecule has 148 valence electrons. The minimum atomic E-state index is -0.0207. The number of likely N-dealkylation sites (N-methyl/N-ethyl adjacent to an activating group) is 1. The normalized spacial score (nSPS) is 15.1. The summed E-state index contributed by atoms with van der Waals surface area (Å²) in [5.41, 5.74) is 0.311. The zero-order valence-electron chi connectivity index (χ0n) is 15.9. The third-order valence-corrected chi connectivity index (χ3v) is 4.54. The van der Waals surface area contributed by atoms with Crippen LogP contribution < -0.4 is 10.6 Å². The molecule has 0 radical (unpaired) electrons. The summed E-state index contributed by atoms with van der Waals surface area (Å²) in [6.45, 7) is 2.45. The van der Waals surface area contributed by atoms with Crippen molar-refractivity contribution in [2.24, 2.45) is 10.4 Å². The van der Waals surface area contributed by atoms with Crippen molar-refractivity contribution >= 4 is 35.8 Å². The molecular formula is C18H31IN4O3. The van der Waals surface area contributed by atoms with E-state index in [-0.39, 0.29) is 36.4 Å². The second kappa shape index (κ2) is 11.4. The summed E-state index contributed by atoms with van der Waals surface area (Å²) < 4.78 is 10.5. The molecule has 2 N–H and O–H groups in total. The van der Waals surface area contributed by atoms with Gasteiger partial charge in [0, 0.05) is 47.3 Å². The number of furan rings is 1. The predicted octanol–water partition coefficient (Wildman–Crippen LogP) is 1.88. The summed E-state index contributed by atoms with van der Waals surface area (Å²) in [5, 5.41) is 6.67. The van der Waals surface area contributed by atoms with E-state index in [9.17, 15) is 4.79 Å². The van der Waals surface area contributed by atoms with Crippen LogP contribution in [0.5, 0.6) is 0 Å². The van der Waals surface area contributed by atoms with E-state index in [1.54, 1.807) is 32.4 Å². The van der Waals surface area contributed by atoms with Gasteiger partial charge in [-0.05, 0) is 36.8 Å². The molecule has 0 spiro atoms. The Morgan fingerprint density at radius 3 is 2.73 bits per heavy atom. The predicted molar refractivity (Wildman–Crippen MR) is 113 cm³/mol. The van der Waals surface area contributed by atoms with E-state index in [1.807, 2.05) is 12.1 Å². The van der Waals surface area contributed by atoms with Crippen molar-refractivity contribution in [3.05, 3.63) is 24.2 Å². The van der Waals surface area contributed by atoms with Gasteiger partial charge in [-0.2, -0.15) is 0 Å². The highest BCUT2D eigenvalue weighted by Crippen LogP contribution is 2.48. The number of nitrogens with zero attached hydrogens (tertiary/aromatic N) is 2. The molecule has 1 aliphatic carbocycles. The Kier molecular flexibility index (Phi) is 10.0. The average Bonchev–Trinajstić information content (AvgIpc) is 3.18.